The predicted molar refractivity (Wildman–Crippen MR) is 94.1 cm³/mol. The van der Waals surface area contributed by atoms with Gasteiger partial charge in [0, 0.05) is 18.5 Å². The van der Waals surface area contributed by atoms with Crippen LogP contribution in [-0.4, -0.2) is 45.2 Å². The van der Waals surface area contributed by atoms with Crippen LogP contribution in [0.3, 0.4) is 0 Å². The molecule has 0 aromatic heterocycles. The fraction of sp³-hybridized carbons (Fsp3) is 0.529. The number of sulfonamides is 1. The van der Waals surface area contributed by atoms with Gasteiger partial charge in [-0.15, -0.1) is 0 Å². The van der Waals surface area contributed by atoms with Crippen LogP contribution in [0.2, 0.25) is 0 Å². The summed E-state index contributed by atoms with van der Waals surface area (Å²) < 4.78 is 32.4. The molecule has 0 radical (unpaired) electrons. The molecule has 8 heteroatoms. The maximum atomic E-state index is 12.4. The van der Waals surface area contributed by atoms with Gasteiger partial charge in [-0.25, -0.2) is 8.42 Å². The Bertz CT molecular complexity index is 734. The molecule has 1 heterocycles. The Labute approximate surface area is 148 Å². The van der Waals surface area contributed by atoms with Crippen molar-refractivity contribution in [3.63, 3.8) is 0 Å². The van der Waals surface area contributed by atoms with Crippen molar-refractivity contribution < 1.29 is 22.7 Å². The number of hydrogen-bond acceptors (Lipinski definition) is 6. The van der Waals surface area contributed by atoms with Crippen LogP contribution in [-0.2, 0) is 24.3 Å². The lowest BCUT2D eigenvalue weighted by Crippen LogP contribution is -2.50. The molecule has 7 nitrogen and oxygen atoms in total. The summed E-state index contributed by atoms with van der Waals surface area (Å²) in [5, 5.41) is 3.05. The minimum absolute atomic E-state index is 0.0254. The van der Waals surface area contributed by atoms with Crippen molar-refractivity contribution in [2.75, 3.05) is 18.9 Å². The lowest BCUT2D eigenvalue weighted by Gasteiger charge is -2.26. The van der Waals surface area contributed by atoms with E-state index in [4.69, 9.17) is 4.74 Å². The zero-order chi connectivity index (χ0) is 18.4. The van der Waals surface area contributed by atoms with Gasteiger partial charge in [-0.1, -0.05) is 23.8 Å². The molecule has 0 saturated heterocycles. The van der Waals surface area contributed by atoms with Gasteiger partial charge in [0.15, 0.2) is 5.78 Å². The van der Waals surface area contributed by atoms with Crippen molar-refractivity contribution in [1.82, 2.24) is 10.0 Å². The normalized spacial score (nSPS) is 21.3. The highest BCUT2D eigenvalue weighted by atomic mass is 32.2. The van der Waals surface area contributed by atoms with Crippen LogP contribution < -0.4 is 10.0 Å². The van der Waals surface area contributed by atoms with E-state index in [0.717, 1.165) is 5.57 Å². The molecule has 138 valence electrons. The molecule has 1 atom stereocenters. The smallest absolute Gasteiger partial charge is 0.310 e. The van der Waals surface area contributed by atoms with Crippen molar-refractivity contribution in [3.8, 4) is 0 Å². The molecular weight excluding hydrogens is 344 g/mol. The molecule has 0 bridgehead atoms. The molecule has 0 aromatic rings. The second-order valence-electron chi connectivity index (χ2n) is 6.12. The first-order valence-electron chi connectivity index (χ1n) is 8.28. The zero-order valence-electron chi connectivity index (χ0n) is 14.5. The second-order valence-corrected chi connectivity index (χ2v) is 7.87. The lowest BCUT2D eigenvalue weighted by atomic mass is 9.99. The SMILES string of the molecule is CCOC(=O)CC1=CCCNC1NS(=O)(=O)CC1=CC=C(C)CC1=O. The largest absolute Gasteiger partial charge is 0.466 e. The minimum Gasteiger partial charge on any atom is -0.466 e. The number of ketones is 1. The minimum atomic E-state index is -3.74. The number of rotatable bonds is 7. The lowest BCUT2D eigenvalue weighted by molar-refractivity contribution is -0.142. The van der Waals surface area contributed by atoms with Crippen LogP contribution in [0.25, 0.3) is 0 Å². The number of nitrogens with one attached hydrogen (secondary N) is 2. The molecule has 2 rings (SSSR count). The van der Waals surface area contributed by atoms with Crippen LogP contribution in [0.5, 0.6) is 0 Å². The molecule has 0 saturated carbocycles. The van der Waals surface area contributed by atoms with Gasteiger partial charge in [-0.3, -0.25) is 14.9 Å². The van der Waals surface area contributed by atoms with E-state index in [2.05, 4.69) is 10.0 Å². The molecule has 0 fully saturated rings. The van der Waals surface area contributed by atoms with Crippen LogP contribution >= 0.6 is 0 Å². The summed E-state index contributed by atoms with van der Waals surface area (Å²) in [4.78, 5) is 23.7. The Morgan fingerprint density at radius 2 is 2.16 bits per heavy atom. The van der Waals surface area contributed by atoms with E-state index in [-0.39, 0.29) is 36.6 Å². The highest BCUT2D eigenvalue weighted by molar-refractivity contribution is 7.89. The summed E-state index contributed by atoms with van der Waals surface area (Å²) in [7, 11) is -3.74. The van der Waals surface area contributed by atoms with Crippen molar-refractivity contribution in [2.24, 2.45) is 0 Å². The van der Waals surface area contributed by atoms with Gasteiger partial charge < -0.3 is 4.74 Å². The van der Waals surface area contributed by atoms with E-state index in [1.54, 1.807) is 19.1 Å². The summed E-state index contributed by atoms with van der Waals surface area (Å²) in [6.45, 7) is 4.43. The molecular formula is C17H24N2O5S. The monoisotopic (exact) mass is 368 g/mol. The topological polar surface area (TPSA) is 102 Å². The number of esters is 1. The fourth-order valence-electron chi connectivity index (χ4n) is 2.72. The van der Waals surface area contributed by atoms with Crippen LogP contribution in [0, 0.1) is 0 Å². The summed E-state index contributed by atoms with van der Waals surface area (Å²) in [5.41, 5.74) is 1.81. The standard InChI is InChI=1S/C17H24N2O5S/c1-3-24-16(21)10-13-5-4-8-18-17(13)19-25(22,23)11-14-7-6-12(2)9-15(14)20/h5-7,17-19H,3-4,8-11H2,1-2H3. The third-order valence-corrected chi connectivity index (χ3v) is 5.22. The summed E-state index contributed by atoms with van der Waals surface area (Å²) in [6.07, 6.45) is 5.48. The Balaban J connectivity index is 2.05. The van der Waals surface area contributed by atoms with E-state index in [1.807, 2.05) is 13.0 Å². The molecule has 1 aliphatic heterocycles. The Kier molecular flexibility index (Phi) is 6.69. The Morgan fingerprint density at radius 3 is 2.84 bits per heavy atom. The first-order valence-corrected chi connectivity index (χ1v) is 9.93. The predicted octanol–water partition coefficient (Wildman–Crippen LogP) is 0.950. The first-order chi connectivity index (χ1) is 11.8. The van der Waals surface area contributed by atoms with Crippen LogP contribution in [0.1, 0.15) is 33.1 Å². The maximum absolute atomic E-state index is 12.4. The number of hydrogen-bond donors (Lipinski definition) is 2. The molecule has 2 N–H and O–H groups in total. The highest BCUT2D eigenvalue weighted by Gasteiger charge is 2.27. The third kappa shape index (κ3) is 5.91. The van der Waals surface area contributed by atoms with Crippen molar-refractivity contribution in [2.45, 2.75) is 39.3 Å². The van der Waals surface area contributed by atoms with Crippen molar-refractivity contribution >= 4 is 21.8 Å². The average molecular weight is 368 g/mol. The molecule has 25 heavy (non-hydrogen) atoms. The molecule has 1 unspecified atom stereocenters. The first kappa shape index (κ1) is 19.6. The molecule has 2 aliphatic rings. The molecule has 0 aromatic carbocycles. The van der Waals surface area contributed by atoms with E-state index in [1.165, 1.54) is 0 Å². The quantitative estimate of drug-likeness (QED) is 0.512. The molecule has 0 spiro atoms. The number of Topliss-reactive ketones (excluding diaryl/α,β-unsaturated/α-hetero) is 1. The van der Waals surface area contributed by atoms with E-state index in [0.29, 0.717) is 18.5 Å². The summed E-state index contributed by atoms with van der Waals surface area (Å²) in [5.74, 6) is -0.947. The number of ether oxygens (including phenoxy) is 1. The van der Waals surface area contributed by atoms with Crippen LogP contribution in [0.15, 0.2) is 34.9 Å². The van der Waals surface area contributed by atoms with Gasteiger partial charge in [-0.05, 0) is 25.8 Å². The van der Waals surface area contributed by atoms with Crippen molar-refractivity contribution in [3.05, 3.63) is 34.9 Å². The van der Waals surface area contributed by atoms with Gasteiger partial charge in [-0.2, -0.15) is 4.72 Å². The van der Waals surface area contributed by atoms with Gasteiger partial charge in [0.05, 0.1) is 24.9 Å². The van der Waals surface area contributed by atoms with Gasteiger partial charge >= 0.3 is 5.97 Å². The maximum Gasteiger partial charge on any atom is 0.310 e. The molecule has 0 amide bonds. The summed E-state index contributed by atoms with van der Waals surface area (Å²) in [6, 6.07) is 0. The molecule has 1 aliphatic carbocycles. The van der Waals surface area contributed by atoms with E-state index in [9.17, 15) is 18.0 Å². The van der Waals surface area contributed by atoms with Gasteiger partial charge in [0.1, 0.15) is 0 Å². The Hall–Kier alpha value is -1.77. The summed E-state index contributed by atoms with van der Waals surface area (Å²) >= 11 is 0. The number of carbonyl (C=O) groups is 2. The van der Waals surface area contributed by atoms with Gasteiger partial charge in [0.2, 0.25) is 10.0 Å². The second kappa shape index (κ2) is 8.55. The zero-order valence-corrected chi connectivity index (χ0v) is 15.3. The van der Waals surface area contributed by atoms with E-state index >= 15 is 0 Å². The Morgan fingerprint density at radius 1 is 1.40 bits per heavy atom. The van der Waals surface area contributed by atoms with Crippen LogP contribution in [0.4, 0.5) is 0 Å². The van der Waals surface area contributed by atoms with Gasteiger partial charge in [0.25, 0.3) is 0 Å². The van der Waals surface area contributed by atoms with Crippen molar-refractivity contribution in [1.29, 1.82) is 0 Å². The fourth-order valence-corrected chi connectivity index (χ4v) is 4.06. The highest BCUT2D eigenvalue weighted by Crippen LogP contribution is 2.17. The van der Waals surface area contributed by atoms with E-state index < -0.39 is 22.2 Å². The number of allylic oxidation sites excluding steroid dienone is 3. The third-order valence-electron chi connectivity index (χ3n) is 3.93. The number of carbonyl (C=O) groups excluding carboxylic acids is 2. The average Bonchev–Trinajstić information content (AvgIpc) is 2.52.